The standard InChI is InChI=1S/C12H28O2Si/c1-9(2)11(5)15(13-7,14-8)12(6)10(3)4/h9-12H,1-8H3. The molecule has 3 heteroatoms. The lowest BCUT2D eigenvalue weighted by Gasteiger charge is -2.41. The molecule has 0 aliphatic rings. The molecule has 0 saturated carbocycles. The number of hydrogen-bond acceptors (Lipinski definition) is 2. The summed E-state index contributed by atoms with van der Waals surface area (Å²) in [6, 6.07) is 0. The summed E-state index contributed by atoms with van der Waals surface area (Å²) in [7, 11) is 1.55. The lowest BCUT2D eigenvalue weighted by atomic mass is 10.1. The van der Waals surface area contributed by atoms with E-state index in [0.29, 0.717) is 22.9 Å². The predicted molar refractivity (Wildman–Crippen MR) is 68.3 cm³/mol. The molecule has 0 aromatic rings. The molecule has 0 bridgehead atoms. The van der Waals surface area contributed by atoms with Crippen molar-refractivity contribution in [2.24, 2.45) is 11.8 Å². The third kappa shape index (κ3) is 3.05. The highest BCUT2D eigenvalue weighted by Gasteiger charge is 2.49. The molecule has 2 unspecified atom stereocenters. The van der Waals surface area contributed by atoms with Crippen molar-refractivity contribution in [3.63, 3.8) is 0 Å². The Bertz CT molecular complexity index is 160. The fourth-order valence-electron chi connectivity index (χ4n) is 2.17. The van der Waals surface area contributed by atoms with Crippen LogP contribution in [-0.2, 0) is 8.85 Å². The van der Waals surface area contributed by atoms with Gasteiger partial charge in [-0.25, -0.2) is 0 Å². The van der Waals surface area contributed by atoms with E-state index >= 15 is 0 Å². The van der Waals surface area contributed by atoms with Crippen LogP contribution in [0.2, 0.25) is 11.1 Å². The van der Waals surface area contributed by atoms with Crippen LogP contribution in [0.4, 0.5) is 0 Å². The molecule has 0 aromatic heterocycles. The Morgan fingerprint density at radius 1 is 0.667 bits per heavy atom. The fraction of sp³-hybridized carbons (Fsp3) is 1.00. The van der Waals surface area contributed by atoms with E-state index in [4.69, 9.17) is 8.85 Å². The maximum atomic E-state index is 5.85. The van der Waals surface area contributed by atoms with Crippen LogP contribution < -0.4 is 0 Å². The quantitative estimate of drug-likeness (QED) is 0.648. The van der Waals surface area contributed by atoms with Crippen molar-refractivity contribution in [1.29, 1.82) is 0 Å². The molecule has 0 N–H and O–H groups in total. The van der Waals surface area contributed by atoms with E-state index in [0.717, 1.165) is 0 Å². The summed E-state index contributed by atoms with van der Waals surface area (Å²) >= 11 is 0. The molecule has 0 spiro atoms. The molecule has 2 atom stereocenters. The molecule has 0 amide bonds. The molecule has 0 aliphatic carbocycles. The molecule has 0 rings (SSSR count). The minimum absolute atomic E-state index is 0.518. The van der Waals surface area contributed by atoms with Gasteiger partial charge in [0.15, 0.2) is 0 Å². The lowest BCUT2D eigenvalue weighted by Crippen LogP contribution is -2.51. The molecule has 0 saturated heterocycles. The summed E-state index contributed by atoms with van der Waals surface area (Å²) in [5, 5.41) is 0. The van der Waals surface area contributed by atoms with Gasteiger partial charge in [0.2, 0.25) is 0 Å². The summed E-state index contributed by atoms with van der Waals surface area (Å²) in [5.41, 5.74) is 1.04. The minimum Gasteiger partial charge on any atom is -0.397 e. The maximum Gasteiger partial charge on any atom is 0.343 e. The molecule has 92 valence electrons. The highest BCUT2D eigenvalue weighted by Crippen LogP contribution is 2.41. The monoisotopic (exact) mass is 232 g/mol. The van der Waals surface area contributed by atoms with Crippen LogP contribution >= 0.6 is 0 Å². The van der Waals surface area contributed by atoms with Crippen molar-refractivity contribution >= 4 is 8.56 Å². The van der Waals surface area contributed by atoms with Crippen LogP contribution in [0, 0.1) is 11.8 Å². The van der Waals surface area contributed by atoms with Gasteiger partial charge in [0.05, 0.1) is 0 Å². The van der Waals surface area contributed by atoms with E-state index in [-0.39, 0.29) is 0 Å². The van der Waals surface area contributed by atoms with E-state index in [9.17, 15) is 0 Å². The Labute approximate surface area is 96.6 Å². The molecular formula is C12H28O2Si. The zero-order valence-electron chi connectivity index (χ0n) is 11.6. The van der Waals surface area contributed by atoms with Gasteiger partial charge in [0.25, 0.3) is 0 Å². The molecule has 0 aliphatic heterocycles. The van der Waals surface area contributed by atoms with Gasteiger partial charge in [0.1, 0.15) is 0 Å². The predicted octanol–water partition coefficient (Wildman–Crippen LogP) is 3.81. The largest absolute Gasteiger partial charge is 0.397 e. The second-order valence-electron chi connectivity index (χ2n) is 5.20. The molecule has 0 heterocycles. The zero-order chi connectivity index (χ0) is 12.2. The molecule has 0 aromatic carbocycles. The van der Waals surface area contributed by atoms with Crippen molar-refractivity contribution < 1.29 is 8.85 Å². The first kappa shape index (κ1) is 15.1. The first-order chi connectivity index (χ1) is 6.83. The summed E-state index contributed by atoms with van der Waals surface area (Å²) in [4.78, 5) is 0. The summed E-state index contributed by atoms with van der Waals surface area (Å²) in [5.74, 6) is 1.22. The Morgan fingerprint density at radius 3 is 1.07 bits per heavy atom. The Morgan fingerprint density at radius 2 is 0.933 bits per heavy atom. The van der Waals surface area contributed by atoms with Crippen molar-refractivity contribution in [1.82, 2.24) is 0 Å². The van der Waals surface area contributed by atoms with Gasteiger partial charge in [-0.15, -0.1) is 0 Å². The molecule has 2 nitrogen and oxygen atoms in total. The first-order valence-electron chi connectivity index (χ1n) is 5.93. The van der Waals surface area contributed by atoms with Crippen molar-refractivity contribution in [2.45, 2.75) is 52.6 Å². The molecule has 0 radical (unpaired) electrons. The van der Waals surface area contributed by atoms with Gasteiger partial charge in [-0.1, -0.05) is 41.5 Å². The van der Waals surface area contributed by atoms with Gasteiger partial charge < -0.3 is 8.85 Å². The molecule has 0 fully saturated rings. The van der Waals surface area contributed by atoms with E-state index < -0.39 is 8.56 Å². The highest BCUT2D eigenvalue weighted by molar-refractivity contribution is 6.70. The highest BCUT2D eigenvalue weighted by atomic mass is 28.4. The van der Waals surface area contributed by atoms with E-state index in [1.54, 1.807) is 0 Å². The average molecular weight is 232 g/mol. The van der Waals surface area contributed by atoms with Gasteiger partial charge in [-0.3, -0.25) is 0 Å². The first-order valence-corrected chi connectivity index (χ1v) is 7.90. The zero-order valence-corrected chi connectivity index (χ0v) is 12.6. The van der Waals surface area contributed by atoms with Gasteiger partial charge >= 0.3 is 8.56 Å². The fourth-order valence-corrected chi connectivity index (χ4v) is 6.51. The van der Waals surface area contributed by atoms with E-state index in [1.165, 1.54) is 0 Å². The number of hydrogen-bond donors (Lipinski definition) is 0. The smallest absolute Gasteiger partial charge is 0.343 e. The van der Waals surface area contributed by atoms with Crippen LogP contribution in [0.3, 0.4) is 0 Å². The second kappa shape index (κ2) is 6.02. The maximum absolute atomic E-state index is 5.85. The van der Waals surface area contributed by atoms with Crippen LogP contribution in [0.5, 0.6) is 0 Å². The van der Waals surface area contributed by atoms with Crippen LogP contribution in [0.1, 0.15) is 41.5 Å². The van der Waals surface area contributed by atoms with Crippen molar-refractivity contribution in [3.8, 4) is 0 Å². The Balaban J connectivity index is 5.03. The molecular weight excluding hydrogens is 204 g/mol. The van der Waals surface area contributed by atoms with Crippen LogP contribution in [0.25, 0.3) is 0 Å². The Hall–Kier alpha value is 0.137. The summed E-state index contributed by atoms with van der Waals surface area (Å²) in [6.45, 7) is 13.5. The number of rotatable bonds is 6. The third-order valence-electron chi connectivity index (χ3n) is 3.91. The lowest BCUT2D eigenvalue weighted by molar-refractivity contribution is 0.200. The topological polar surface area (TPSA) is 18.5 Å². The van der Waals surface area contributed by atoms with Gasteiger partial charge in [-0.05, 0) is 11.8 Å². The molecule has 15 heavy (non-hydrogen) atoms. The average Bonchev–Trinajstić information content (AvgIpc) is 2.19. The van der Waals surface area contributed by atoms with Gasteiger partial charge in [-0.2, -0.15) is 0 Å². The van der Waals surface area contributed by atoms with E-state index in [1.807, 2.05) is 14.2 Å². The van der Waals surface area contributed by atoms with Gasteiger partial charge in [0, 0.05) is 25.3 Å². The normalized spacial score (nSPS) is 17.2. The van der Waals surface area contributed by atoms with Crippen LogP contribution in [-0.4, -0.2) is 22.8 Å². The Kier molecular flexibility index (Phi) is 6.07. The van der Waals surface area contributed by atoms with Crippen molar-refractivity contribution in [2.75, 3.05) is 14.2 Å². The van der Waals surface area contributed by atoms with Crippen molar-refractivity contribution in [3.05, 3.63) is 0 Å². The van der Waals surface area contributed by atoms with E-state index in [2.05, 4.69) is 41.5 Å². The van der Waals surface area contributed by atoms with Crippen LogP contribution in [0.15, 0.2) is 0 Å². The summed E-state index contributed by atoms with van der Waals surface area (Å²) in [6.07, 6.45) is 0. The minimum atomic E-state index is -2.08. The SMILES string of the molecule is CO[Si](OC)(C(C)C(C)C)C(C)C(C)C. The second-order valence-corrected chi connectivity index (χ2v) is 9.28. The summed E-state index contributed by atoms with van der Waals surface area (Å²) < 4.78 is 11.7. The third-order valence-corrected chi connectivity index (χ3v) is 9.06.